The molecule has 1 aromatic rings. The molecular weight excluding hydrogens is 232 g/mol. The van der Waals surface area contributed by atoms with Crippen LogP contribution in [0, 0.1) is 0 Å². The number of hydrogen-bond acceptors (Lipinski definition) is 2. The van der Waals surface area contributed by atoms with Gasteiger partial charge in [-0.05, 0) is 50.8 Å². The number of rotatable bonds is 2. The SMILES string of the molecule is CC1CCCCN1c1ccc([C@@H](C)N)cc1Cl. The summed E-state index contributed by atoms with van der Waals surface area (Å²) in [5.74, 6) is 0. The fraction of sp³-hybridized carbons (Fsp3) is 0.571. The molecule has 2 atom stereocenters. The second-order valence-electron chi connectivity index (χ2n) is 5.04. The summed E-state index contributed by atoms with van der Waals surface area (Å²) in [5.41, 5.74) is 8.12. The molecule has 0 aliphatic carbocycles. The maximum Gasteiger partial charge on any atom is 0.0642 e. The summed E-state index contributed by atoms with van der Waals surface area (Å²) in [7, 11) is 0. The maximum atomic E-state index is 6.37. The average Bonchev–Trinajstić information content (AvgIpc) is 2.30. The molecule has 17 heavy (non-hydrogen) atoms. The third kappa shape index (κ3) is 2.75. The smallest absolute Gasteiger partial charge is 0.0642 e. The highest BCUT2D eigenvalue weighted by Crippen LogP contribution is 2.32. The van der Waals surface area contributed by atoms with Crippen LogP contribution in [0.15, 0.2) is 18.2 Å². The van der Waals surface area contributed by atoms with Crippen molar-refractivity contribution in [1.29, 1.82) is 0 Å². The quantitative estimate of drug-likeness (QED) is 0.869. The third-order valence-corrected chi connectivity index (χ3v) is 3.91. The predicted molar refractivity (Wildman–Crippen MR) is 74.7 cm³/mol. The van der Waals surface area contributed by atoms with Crippen molar-refractivity contribution >= 4 is 17.3 Å². The first kappa shape index (κ1) is 12.7. The topological polar surface area (TPSA) is 29.3 Å². The highest BCUT2D eigenvalue weighted by molar-refractivity contribution is 6.33. The largest absolute Gasteiger partial charge is 0.368 e. The molecule has 1 heterocycles. The van der Waals surface area contributed by atoms with Crippen LogP contribution in [0.3, 0.4) is 0 Å². The maximum absolute atomic E-state index is 6.37. The average molecular weight is 253 g/mol. The van der Waals surface area contributed by atoms with E-state index in [0.717, 1.165) is 22.8 Å². The van der Waals surface area contributed by atoms with Gasteiger partial charge in [0, 0.05) is 18.6 Å². The zero-order valence-electron chi connectivity index (χ0n) is 10.6. The molecule has 1 aliphatic rings. The lowest BCUT2D eigenvalue weighted by Crippen LogP contribution is -2.37. The lowest BCUT2D eigenvalue weighted by atomic mass is 10.0. The highest BCUT2D eigenvalue weighted by Gasteiger charge is 2.20. The van der Waals surface area contributed by atoms with E-state index >= 15 is 0 Å². The van der Waals surface area contributed by atoms with Crippen LogP contribution in [0.1, 0.15) is 44.7 Å². The first-order valence-electron chi connectivity index (χ1n) is 6.41. The minimum Gasteiger partial charge on any atom is -0.368 e. The first-order chi connectivity index (χ1) is 8.09. The van der Waals surface area contributed by atoms with Crippen molar-refractivity contribution in [3.63, 3.8) is 0 Å². The standard InChI is InChI=1S/C14H21ClN2/c1-10-5-3-4-8-17(10)14-7-6-12(11(2)16)9-13(14)15/h6-7,9-11H,3-5,8,16H2,1-2H3/t10?,11-/m1/s1. The number of nitrogens with two attached hydrogens (primary N) is 1. The van der Waals surface area contributed by atoms with E-state index in [4.69, 9.17) is 17.3 Å². The summed E-state index contributed by atoms with van der Waals surface area (Å²) in [5, 5.41) is 0.827. The molecule has 0 radical (unpaired) electrons. The number of benzene rings is 1. The Morgan fingerprint density at radius 3 is 2.76 bits per heavy atom. The molecule has 2 nitrogen and oxygen atoms in total. The van der Waals surface area contributed by atoms with Crippen molar-refractivity contribution in [2.75, 3.05) is 11.4 Å². The molecule has 1 aliphatic heterocycles. The summed E-state index contributed by atoms with van der Waals surface area (Å²) in [6.07, 6.45) is 3.84. The van der Waals surface area contributed by atoms with Crippen LogP contribution in [0.2, 0.25) is 5.02 Å². The molecular formula is C14H21ClN2. The molecule has 2 rings (SSSR count). The second kappa shape index (κ2) is 5.28. The Morgan fingerprint density at radius 2 is 2.18 bits per heavy atom. The molecule has 0 saturated carbocycles. The van der Waals surface area contributed by atoms with Gasteiger partial charge in [0.05, 0.1) is 10.7 Å². The fourth-order valence-electron chi connectivity index (χ4n) is 2.50. The van der Waals surface area contributed by atoms with Gasteiger partial charge < -0.3 is 10.6 Å². The minimum absolute atomic E-state index is 0.0420. The van der Waals surface area contributed by atoms with Crippen LogP contribution >= 0.6 is 11.6 Å². The number of piperidine rings is 1. The summed E-state index contributed by atoms with van der Waals surface area (Å²) in [6.45, 7) is 5.36. The van der Waals surface area contributed by atoms with E-state index in [1.165, 1.54) is 19.3 Å². The Morgan fingerprint density at radius 1 is 1.41 bits per heavy atom. The molecule has 1 aromatic carbocycles. The van der Waals surface area contributed by atoms with Crippen LogP contribution in [0.25, 0.3) is 0 Å². The molecule has 0 aromatic heterocycles. The Bertz CT molecular complexity index is 390. The molecule has 0 amide bonds. The van der Waals surface area contributed by atoms with Crippen molar-refractivity contribution in [2.24, 2.45) is 5.73 Å². The third-order valence-electron chi connectivity index (χ3n) is 3.61. The van der Waals surface area contributed by atoms with E-state index in [2.05, 4.69) is 24.0 Å². The van der Waals surface area contributed by atoms with Crippen molar-refractivity contribution in [3.8, 4) is 0 Å². The summed E-state index contributed by atoms with van der Waals surface area (Å²) < 4.78 is 0. The van der Waals surface area contributed by atoms with Gasteiger partial charge in [0.25, 0.3) is 0 Å². The predicted octanol–water partition coefficient (Wildman–Crippen LogP) is 3.74. The Hall–Kier alpha value is -0.730. The van der Waals surface area contributed by atoms with Gasteiger partial charge in [-0.2, -0.15) is 0 Å². The normalized spacial score (nSPS) is 22.6. The van der Waals surface area contributed by atoms with Gasteiger partial charge in [-0.25, -0.2) is 0 Å². The molecule has 2 N–H and O–H groups in total. The van der Waals surface area contributed by atoms with E-state index in [9.17, 15) is 0 Å². The van der Waals surface area contributed by atoms with E-state index in [1.807, 2.05) is 13.0 Å². The Balaban J connectivity index is 2.26. The van der Waals surface area contributed by atoms with E-state index in [-0.39, 0.29) is 6.04 Å². The molecule has 0 spiro atoms. The van der Waals surface area contributed by atoms with Gasteiger partial charge in [-0.3, -0.25) is 0 Å². The summed E-state index contributed by atoms with van der Waals surface area (Å²) >= 11 is 6.37. The number of halogens is 1. The molecule has 0 bridgehead atoms. The minimum atomic E-state index is 0.0420. The van der Waals surface area contributed by atoms with Crippen LogP contribution in [0.4, 0.5) is 5.69 Å². The molecule has 1 saturated heterocycles. The Labute approximate surface area is 109 Å². The van der Waals surface area contributed by atoms with E-state index in [0.29, 0.717) is 6.04 Å². The lowest BCUT2D eigenvalue weighted by Gasteiger charge is -2.36. The van der Waals surface area contributed by atoms with Gasteiger partial charge in [-0.1, -0.05) is 17.7 Å². The van der Waals surface area contributed by atoms with Crippen molar-refractivity contribution in [3.05, 3.63) is 28.8 Å². The van der Waals surface area contributed by atoms with E-state index in [1.54, 1.807) is 0 Å². The van der Waals surface area contributed by atoms with E-state index < -0.39 is 0 Å². The summed E-state index contributed by atoms with van der Waals surface area (Å²) in [4.78, 5) is 2.41. The monoisotopic (exact) mass is 252 g/mol. The van der Waals surface area contributed by atoms with Gasteiger partial charge in [-0.15, -0.1) is 0 Å². The summed E-state index contributed by atoms with van der Waals surface area (Å²) in [6, 6.07) is 6.83. The zero-order valence-corrected chi connectivity index (χ0v) is 11.4. The van der Waals surface area contributed by atoms with Crippen molar-refractivity contribution in [2.45, 2.75) is 45.2 Å². The van der Waals surface area contributed by atoms with Gasteiger partial charge in [0.1, 0.15) is 0 Å². The van der Waals surface area contributed by atoms with Crippen LogP contribution in [-0.4, -0.2) is 12.6 Å². The van der Waals surface area contributed by atoms with Crippen molar-refractivity contribution in [1.82, 2.24) is 0 Å². The van der Waals surface area contributed by atoms with Gasteiger partial charge in [0.15, 0.2) is 0 Å². The second-order valence-corrected chi connectivity index (χ2v) is 5.44. The number of hydrogen-bond donors (Lipinski definition) is 1. The lowest BCUT2D eigenvalue weighted by molar-refractivity contribution is 0.485. The van der Waals surface area contributed by atoms with Crippen LogP contribution in [0.5, 0.6) is 0 Å². The van der Waals surface area contributed by atoms with Gasteiger partial charge in [0.2, 0.25) is 0 Å². The van der Waals surface area contributed by atoms with Crippen LogP contribution in [-0.2, 0) is 0 Å². The zero-order chi connectivity index (χ0) is 12.4. The Kier molecular flexibility index (Phi) is 3.95. The van der Waals surface area contributed by atoms with Crippen LogP contribution < -0.4 is 10.6 Å². The van der Waals surface area contributed by atoms with Gasteiger partial charge >= 0.3 is 0 Å². The molecule has 3 heteroatoms. The first-order valence-corrected chi connectivity index (χ1v) is 6.79. The molecule has 94 valence electrons. The number of anilines is 1. The van der Waals surface area contributed by atoms with Crippen molar-refractivity contribution < 1.29 is 0 Å². The molecule has 1 fully saturated rings. The highest BCUT2D eigenvalue weighted by atomic mass is 35.5. The molecule has 1 unspecified atom stereocenters. The number of nitrogens with zero attached hydrogens (tertiary/aromatic N) is 1. The fourth-order valence-corrected chi connectivity index (χ4v) is 2.79.